The first-order chi connectivity index (χ1) is 17.5. The number of carboxylic acids is 1. The van der Waals surface area contributed by atoms with Crippen molar-refractivity contribution in [2.24, 2.45) is 0 Å². The maximum absolute atomic E-state index is 13.4. The molecule has 5 heterocycles. The molecule has 9 heteroatoms. The highest BCUT2D eigenvalue weighted by Gasteiger charge is 2.33. The zero-order valence-electron chi connectivity index (χ0n) is 20.4. The van der Waals surface area contributed by atoms with Crippen LogP contribution in [0.4, 0.5) is 5.82 Å². The number of nitrogens with zero attached hydrogens (tertiary/aromatic N) is 4. The molecule has 2 N–H and O–H groups in total. The number of aromatic nitrogens is 3. The van der Waals surface area contributed by atoms with E-state index in [2.05, 4.69) is 22.4 Å². The van der Waals surface area contributed by atoms with Crippen molar-refractivity contribution in [3.63, 3.8) is 0 Å². The molecule has 2 aliphatic rings. The molecule has 1 amide bonds. The molecular weight excluding hydrogens is 458 g/mol. The number of rotatable bonds is 9. The minimum atomic E-state index is -0.962. The van der Waals surface area contributed by atoms with Crippen molar-refractivity contribution in [1.82, 2.24) is 19.4 Å². The first-order valence-electron chi connectivity index (χ1n) is 12.5. The Hall–Kier alpha value is -3.88. The lowest BCUT2D eigenvalue weighted by atomic mass is 10.0. The molecule has 0 bridgehead atoms. The van der Waals surface area contributed by atoms with Crippen molar-refractivity contribution in [1.29, 1.82) is 0 Å². The number of nitrogens with one attached hydrogen (secondary N) is 1. The summed E-state index contributed by atoms with van der Waals surface area (Å²) in [6.07, 6.45) is 8.34. The first kappa shape index (κ1) is 23.8. The predicted molar refractivity (Wildman–Crippen MR) is 134 cm³/mol. The van der Waals surface area contributed by atoms with E-state index in [0.717, 1.165) is 55.7 Å². The number of hydrogen-bond acceptors (Lipinski definition) is 6. The maximum Gasteiger partial charge on any atom is 0.305 e. The molecule has 3 aromatic rings. The van der Waals surface area contributed by atoms with Crippen molar-refractivity contribution in [3.8, 4) is 5.88 Å². The molecular formula is C27H31N5O4. The average Bonchev–Trinajstić information content (AvgIpc) is 3.32. The number of methoxy groups -OCH3 is 1. The summed E-state index contributed by atoms with van der Waals surface area (Å²) in [6, 6.07) is 9.11. The Morgan fingerprint density at radius 1 is 1.22 bits per heavy atom. The number of ether oxygens (including phenoxy) is 1. The van der Waals surface area contributed by atoms with E-state index in [1.54, 1.807) is 23.2 Å². The zero-order valence-corrected chi connectivity index (χ0v) is 20.4. The van der Waals surface area contributed by atoms with Gasteiger partial charge in [0.25, 0.3) is 5.91 Å². The Balaban J connectivity index is 1.26. The number of carbonyl (C=O) groups excluding carboxylic acids is 1. The van der Waals surface area contributed by atoms with Gasteiger partial charge in [0.1, 0.15) is 11.5 Å². The van der Waals surface area contributed by atoms with Gasteiger partial charge in [-0.3, -0.25) is 9.59 Å². The third kappa shape index (κ3) is 5.05. The first-order valence-corrected chi connectivity index (χ1v) is 12.5. The number of amides is 1. The number of pyridine rings is 2. The van der Waals surface area contributed by atoms with Crippen LogP contribution in [0.1, 0.15) is 58.2 Å². The molecule has 0 saturated heterocycles. The summed E-state index contributed by atoms with van der Waals surface area (Å²) in [6.45, 7) is 2.04. The minimum Gasteiger partial charge on any atom is -0.481 e. The van der Waals surface area contributed by atoms with Crippen LogP contribution >= 0.6 is 0 Å². The highest BCUT2D eigenvalue weighted by atomic mass is 16.5. The lowest BCUT2D eigenvalue weighted by molar-refractivity contribution is -0.138. The number of carboxylic acid groups (broad SMARTS) is 1. The summed E-state index contributed by atoms with van der Waals surface area (Å²) in [5.41, 5.74) is 4.76. The molecule has 1 atom stereocenters. The van der Waals surface area contributed by atoms with E-state index >= 15 is 0 Å². The van der Waals surface area contributed by atoms with Crippen molar-refractivity contribution >= 4 is 17.7 Å². The lowest BCUT2D eigenvalue weighted by Crippen LogP contribution is -2.43. The van der Waals surface area contributed by atoms with Gasteiger partial charge in [0, 0.05) is 43.8 Å². The third-order valence-electron chi connectivity index (χ3n) is 6.96. The molecule has 36 heavy (non-hydrogen) atoms. The van der Waals surface area contributed by atoms with Gasteiger partial charge in [-0.2, -0.15) is 0 Å². The van der Waals surface area contributed by atoms with Gasteiger partial charge in [0.15, 0.2) is 0 Å². The molecule has 0 aliphatic carbocycles. The molecule has 0 saturated carbocycles. The number of hydrogen-bond donors (Lipinski definition) is 2. The molecule has 0 fully saturated rings. The van der Waals surface area contributed by atoms with Crippen LogP contribution in [0.2, 0.25) is 0 Å². The number of carbonyl (C=O) groups is 2. The van der Waals surface area contributed by atoms with Crippen LogP contribution in [0.25, 0.3) is 0 Å². The van der Waals surface area contributed by atoms with Crippen molar-refractivity contribution < 1.29 is 19.4 Å². The molecule has 0 unspecified atom stereocenters. The number of aryl methyl sites for hydroxylation is 3. The second-order valence-corrected chi connectivity index (χ2v) is 9.37. The summed E-state index contributed by atoms with van der Waals surface area (Å²) >= 11 is 0. The zero-order chi connectivity index (χ0) is 25.1. The molecule has 9 nitrogen and oxygen atoms in total. The van der Waals surface area contributed by atoms with Gasteiger partial charge >= 0.3 is 5.97 Å². The quantitative estimate of drug-likeness (QED) is 0.473. The molecule has 5 rings (SSSR count). The van der Waals surface area contributed by atoms with E-state index in [0.29, 0.717) is 30.2 Å². The highest BCUT2D eigenvalue weighted by Crippen LogP contribution is 2.30. The fourth-order valence-corrected chi connectivity index (χ4v) is 5.10. The monoisotopic (exact) mass is 489 g/mol. The summed E-state index contributed by atoms with van der Waals surface area (Å²) in [7, 11) is 1.53. The van der Waals surface area contributed by atoms with Gasteiger partial charge in [0.2, 0.25) is 5.88 Å². The Kier molecular flexibility index (Phi) is 6.88. The van der Waals surface area contributed by atoms with Crippen molar-refractivity contribution in [2.45, 2.75) is 51.1 Å². The van der Waals surface area contributed by atoms with Crippen LogP contribution in [0.5, 0.6) is 5.88 Å². The molecule has 2 aliphatic heterocycles. The largest absolute Gasteiger partial charge is 0.481 e. The van der Waals surface area contributed by atoms with E-state index in [1.165, 1.54) is 12.7 Å². The summed E-state index contributed by atoms with van der Waals surface area (Å²) in [5, 5.41) is 12.9. The van der Waals surface area contributed by atoms with Crippen molar-refractivity contribution in [2.75, 3.05) is 25.5 Å². The molecule has 3 aromatic heterocycles. The van der Waals surface area contributed by atoms with Gasteiger partial charge in [-0.15, -0.1) is 0 Å². The van der Waals surface area contributed by atoms with Crippen molar-refractivity contribution in [3.05, 3.63) is 70.8 Å². The summed E-state index contributed by atoms with van der Waals surface area (Å²) < 4.78 is 7.10. The van der Waals surface area contributed by atoms with Crippen LogP contribution in [0, 0.1) is 0 Å². The maximum atomic E-state index is 13.4. The Morgan fingerprint density at radius 2 is 2.11 bits per heavy atom. The fourth-order valence-electron chi connectivity index (χ4n) is 5.10. The van der Waals surface area contributed by atoms with E-state index in [9.17, 15) is 14.7 Å². The van der Waals surface area contributed by atoms with E-state index in [4.69, 9.17) is 9.72 Å². The molecule has 188 valence electrons. The Bertz CT molecular complexity index is 1250. The van der Waals surface area contributed by atoms with Gasteiger partial charge in [0.05, 0.1) is 19.6 Å². The minimum absolute atomic E-state index is 0.156. The predicted octanol–water partition coefficient (Wildman–Crippen LogP) is 3.49. The second-order valence-electron chi connectivity index (χ2n) is 9.37. The molecule has 0 aromatic carbocycles. The standard InChI is InChI=1S/C27H31N5O4/c1-36-24-10-8-20(16-29-24)22(15-25(33)34)32-13-12-31-17-18(14-23(31)27(32)35)4-2-6-21-9-7-19-5-3-11-28-26(19)30-21/h7-10,14,16-17,22H,2-6,11-13,15H2,1H3,(H,28,30)(H,33,34)/t22-/m0/s1. The third-order valence-corrected chi connectivity index (χ3v) is 6.96. The second kappa shape index (κ2) is 10.4. The van der Waals surface area contributed by atoms with Gasteiger partial charge in [-0.05, 0) is 60.9 Å². The highest BCUT2D eigenvalue weighted by molar-refractivity contribution is 5.94. The van der Waals surface area contributed by atoms with Gasteiger partial charge < -0.3 is 24.6 Å². The number of fused-ring (bicyclic) bond motifs is 2. The normalized spacial score (nSPS) is 15.6. The fraction of sp³-hybridized carbons (Fsp3) is 0.407. The number of aliphatic carboxylic acids is 1. The molecule has 0 spiro atoms. The lowest BCUT2D eigenvalue weighted by Gasteiger charge is -2.34. The number of anilines is 1. The SMILES string of the molecule is COc1ccc([C@H](CC(=O)O)N2CCn3cc(CCCc4ccc5c(n4)NCCC5)cc3C2=O)cn1. The van der Waals surface area contributed by atoms with E-state index < -0.39 is 12.0 Å². The summed E-state index contributed by atoms with van der Waals surface area (Å²) in [4.78, 5) is 35.7. The Morgan fingerprint density at radius 3 is 2.89 bits per heavy atom. The smallest absolute Gasteiger partial charge is 0.305 e. The van der Waals surface area contributed by atoms with Crippen LogP contribution in [0.15, 0.2) is 42.7 Å². The van der Waals surface area contributed by atoms with E-state index in [1.807, 2.05) is 16.8 Å². The average molecular weight is 490 g/mol. The van der Waals surface area contributed by atoms with Crippen LogP contribution < -0.4 is 10.1 Å². The van der Waals surface area contributed by atoms with Crippen LogP contribution in [-0.4, -0.2) is 56.6 Å². The van der Waals surface area contributed by atoms with E-state index in [-0.39, 0.29) is 12.3 Å². The molecule has 0 radical (unpaired) electrons. The van der Waals surface area contributed by atoms with Crippen LogP contribution in [0.3, 0.4) is 0 Å². The van der Waals surface area contributed by atoms with Gasteiger partial charge in [-0.25, -0.2) is 9.97 Å². The topological polar surface area (TPSA) is 110 Å². The van der Waals surface area contributed by atoms with Crippen LogP contribution in [-0.2, 0) is 30.6 Å². The summed E-state index contributed by atoms with van der Waals surface area (Å²) in [5.74, 6) is 0.346. The van der Waals surface area contributed by atoms with Gasteiger partial charge in [-0.1, -0.05) is 12.1 Å². The Labute approximate surface area is 210 Å².